The van der Waals surface area contributed by atoms with Crippen LogP contribution in [0.2, 0.25) is 0 Å². The summed E-state index contributed by atoms with van der Waals surface area (Å²) >= 11 is 0. The van der Waals surface area contributed by atoms with Gasteiger partial charge < -0.3 is 25.8 Å². The average Bonchev–Trinajstić information content (AvgIpc) is 2.55. The summed E-state index contributed by atoms with van der Waals surface area (Å²) in [5.41, 5.74) is 6.61. The summed E-state index contributed by atoms with van der Waals surface area (Å²) in [5.74, 6) is 0.999. The second kappa shape index (κ2) is 6.27. The first kappa shape index (κ1) is 14.7. The zero-order chi connectivity index (χ0) is 16.2. The van der Waals surface area contributed by atoms with Crippen molar-refractivity contribution in [2.24, 2.45) is 5.73 Å². The van der Waals surface area contributed by atoms with Gasteiger partial charge in [-0.15, -0.1) is 0 Å². The van der Waals surface area contributed by atoms with E-state index in [0.29, 0.717) is 41.7 Å². The quantitative estimate of drug-likeness (QED) is 0.808. The molecule has 2 aromatic rings. The third kappa shape index (κ3) is 3.52. The highest BCUT2D eigenvalue weighted by molar-refractivity contribution is 6.04. The number of benzene rings is 2. The maximum Gasteiger partial charge on any atom is 0.316 e. The molecule has 0 saturated carbocycles. The fourth-order valence-corrected chi connectivity index (χ4v) is 2.17. The molecule has 4 N–H and O–H groups in total. The van der Waals surface area contributed by atoms with E-state index in [9.17, 15) is 9.59 Å². The van der Waals surface area contributed by atoms with E-state index in [1.807, 2.05) is 0 Å². The largest absolute Gasteiger partial charge is 0.486 e. The van der Waals surface area contributed by atoms with Crippen LogP contribution in [0.25, 0.3) is 0 Å². The molecule has 0 spiro atoms. The van der Waals surface area contributed by atoms with Gasteiger partial charge in [-0.1, -0.05) is 0 Å². The summed E-state index contributed by atoms with van der Waals surface area (Å²) < 4.78 is 10.9. The smallest absolute Gasteiger partial charge is 0.316 e. The lowest BCUT2D eigenvalue weighted by molar-refractivity contribution is 0.102. The van der Waals surface area contributed by atoms with Crippen LogP contribution in [0.15, 0.2) is 42.5 Å². The summed E-state index contributed by atoms with van der Waals surface area (Å²) in [6.45, 7) is 1.00. The topological polar surface area (TPSA) is 103 Å². The molecular weight excluding hydrogens is 298 g/mol. The van der Waals surface area contributed by atoms with Crippen LogP contribution in [0.4, 0.5) is 16.2 Å². The van der Waals surface area contributed by atoms with E-state index in [1.54, 1.807) is 42.5 Å². The molecule has 0 aromatic heterocycles. The predicted octanol–water partition coefficient (Wildman–Crippen LogP) is 2.20. The Hall–Kier alpha value is -3.22. The number of rotatable bonds is 3. The fourth-order valence-electron chi connectivity index (χ4n) is 2.17. The molecule has 7 nitrogen and oxygen atoms in total. The molecule has 0 aliphatic carbocycles. The molecule has 7 heteroatoms. The summed E-state index contributed by atoms with van der Waals surface area (Å²) in [7, 11) is 0. The number of anilines is 2. The summed E-state index contributed by atoms with van der Waals surface area (Å²) in [6, 6.07) is 11.0. The van der Waals surface area contributed by atoms with E-state index in [0.717, 1.165) is 0 Å². The monoisotopic (exact) mass is 313 g/mol. The maximum atomic E-state index is 12.2. The Kier molecular flexibility index (Phi) is 4.01. The van der Waals surface area contributed by atoms with Gasteiger partial charge in [0, 0.05) is 23.0 Å². The molecule has 0 bridgehead atoms. The van der Waals surface area contributed by atoms with Crippen LogP contribution in [0, 0.1) is 0 Å². The van der Waals surface area contributed by atoms with Crippen molar-refractivity contribution in [1.29, 1.82) is 0 Å². The molecule has 1 aliphatic rings. The second-order valence-electron chi connectivity index (χ2n) is 4.88. The number of nitrogens with one attached hydrogen (secondary N) is 2. The summed E-state index contributed by atoms with van der Waals surface area (Å²) in [4.78, 5) is 23.0. The van der Waals surface area contributed by atoms with Crippen LogP contribution in [0.3, 0.4) is 0 Å². The zero-order valence-corrected chi connectivity index (χ0v) is 12.2. The Morgan fingerprint density at radius 3 is 2.22 bits per heavy atom. The number of hydrogen-bond acceptors (Lipinski definition) is 4. The lowest BCUT2D eigenvalue weighted by Gasteiger charge is -2.19. The first-order valence-electron chi connectivity index (χ1n) is 6.99. The van der Waals surface area contributed by atoms with Crippen molar-refractivity contribution in [2.75, 3.05) is 23.8 Å². The molecule has 118 valence electrons. The normalized spacial score (nSPS) is 12.3. The fraction of sp³-hybridized carbons (Fsp3) is 0.125. The van der Waals surface area contributed by atoms with E-state index in [4.69, 9.17) is 15.2 Å². The number of ether oxygens (including phenoxy) is 2. The maximum absolute atomic E-state index is 12.2. The number of urea groups is 1. The Balaban J connectivity index is 1.70. The summed E-state index contributed by atoms with van der Waals surface area (Å²) in [6.07, 6.45) is 0. The number of hydrogen-bond donors (Lipinski definition) is 3. The second-order valence-corrected chi connectivity index (χ2v) is 4.88. The first-order valence-corrected chi connectivity index (χ1v) is 6.99. The van der Waals surface area contributed by atoms with Gasteiger partial charge in [0.25, 0.3) is 5.91 Å². The number of primary amides is 1. The molecule has 3 rings (SSSR count). The van der Waals surface area contributed by atoms with Gasteiger partial charge in [0.2, 0.25) is 0 Å². The lowest BCUT2D eigenvalue weighted by Crippen LogP contribution is -2.19. The van der Waals surface area contributed by atoms with Gasteiger partial charge in [0.05, 0.1) is 0 Å². The van der Waals surface area contributed by atoms with Crippen molar-refractivity contribution < 1.29 is 19.1 Å². The minimum Gasteiger partial charge on any atom is -0.486 e. The number of fused-ring (bicyclic) bond motifs is 1. The van der Waals surface area contributed by atoms with E-state index in [2.05, 4.69) is 10.6 Å². The molecule has 1 aliphatic heterocycles. The standard InChI is InChI=1S/C16H15N3O4/c17-16(21)19-11-3-1-10(2-4-11)15(20)18-12-5-6-13-14(9-12)23-8-7-22-13/h1-6,9H,7-8H2,(H,18,20)(H3,17,19,21). The number of carbonyl (C=O) groups is 2. The van der Waals surface area contributed by atoms with Gasteiger partial charge >= 0.3 is 6.03 Å². The van der Waals surface area contributed by atoms with Crippen LogP contribution < -0.4 is 25.8 Å². The van der Waals surface area contributed by atoms with Gasteiger partial charge in [0.1, 0.15) is 13.2 Å². The van der Waals surface area contributed by atoms with Gasteiger partial charge in [-0.2, -0.15) is 0 Å². The number of amides is 3. The molecule has 1 heterocycles. The predicted molar refractivity (Wildman–Crippen MR) is 85.0 cm³/mol. The van der Waals surface area contributed by atoms with E-state index in [-0.39, 0.29) is 5.91 Å². The van der Waals surface area contributed by atoms with Crippen molar-refractivity contribution >= 4 is 23.3 Å². The minimum atomic E-state index is -0.654. The summed E-state index contributed by atoms with van der Waals surface area (Å²) in [5, 5.41) is 5.21. The van der Waals surface area contributed by atoms with E-state index >= 15 is 0 Å². The third-order valence-electron chi connectivity index (χ3n) is 3.21. The third-order valence-corrected chi connectivity index (χ3v) is 3.21. The first-order chi connectivity index (χ1) is 11.1. The molecule has 0 fully saturated rings. The van der Waals surface area contributed by atoms with Crippen LogP contribution in [0.5, 0.6) is 11.5 Å². The van der Waals surface area contributed by atoms with Gasteiger partial charge in [-0.3, -0.25) is 4.79 Å². The van der Waals surface area contributed by atoms with Gasteiger partial charge in [-0.05, 0) is 36.4 Å². The van der Waals surface area contributed by atoms with E-state index in [1.165, 1.54) is 0 Å². The Morgan fingerprint density at radius 2 is 1.52 bits per heavy atom. The van der Waals surface area contributed by atoms with E-state index < -0.39 is 6.03 Å². The minimum absolute atomic E-state index is 0.271. The average molecular weight is 313 g/mol. The molecule has 0 saturated heterocycles. The van der Waals surface area contributed by atoms with Crippen molar-refractivity contribution in [3.8, 4) is 11.5 Å². The highest BCUT2D eigenvalue weighted by Crippen LogP contribution is 2.32. The molecule has 3 amide bonds. The van der Waals surface area contributed by atoms with Gasteiger partial charge in [-0.25, -0.2) is 4.79 Å². The van der Waals surface area contributed by atoms with Crippen molar-refractivity contribution in [3.63, 3.8) is 0 Å². The van der Waals surface area contributed by atoms with Gasteiger partial charge in [0.15, 0.2) is 11.5 Å². The molecule has 0 unspecified atom stereocenters. The highest BCUT2D eigenvalue weighted by atomic mass is 16.6. The Morgan fingerprint density at radius 1 is 0.870 bits per heavy atom. The molecule has 0 atom stereocenters. The zero-order valence-electron chi connectivity index (χ0n) is 12.2. The van der Waals surface area contributed by atoms with Crippen molar-refractivity contribution in [3.05, 3.63) is 48.0 Å². The molecule has 2 aromatic carbocycles. The van der Waals surface area contributed by atoms with Crippen LogP contribution >= 0.6 is 0 Å². The SMILES string of the molecule is NC(=O)Nc1ccc(C(=O)Nc2ccc3c(c2)OCCO3)cc1. The molecule has 0 radical (unpaired) electrons. The van der Waals surface area contributed by atoms with Crippen LogP contribution in [0.1, 0.15) is 10.4 Å². The lowest BCUT2D eigenvalue weighted by atomic mass is 10.2. The molecule has 23 heavy (non-hydrogen) atoms. The van der Waals surface area contributed by atoms with Crippen molar-refractivity contribution in [1.82, 2.24) is 0 Å². The Labute approximate surface area is 132 Å². The number of nitrogens with two attached hydrogens (primary N) is 1. The Bertz CT molecular complexity index is 743. The highest BCUT2D eigenvalue weighted by Gasteiger charge is 2.13. The van der Waals surface area contributed by atoms with Crippen molar-refractivity contribution in [2.45, 2.75) is 0 Å². The number of carbonyl (C=O) groups excluding carboxylic acids is 2. The van der Waals surface area contributed by atoms with Crippen LogP contribution in [-0.4, -0.2) is 25.2 Å². The van der Waals surface area contributed by atoms with Crippen LogP contribution in [-0.2, 0) is 0 Å². The molecular formula is C16H15N3O4.